The van der Waals surface area contributed by atoms with E-state index in [-0.39, 0.29) is 12.4 Å². The summed E-state index contributed by atoms with van der Waals surface area (Å²) in [5.41, 5.74) is 4.26. The molecule has 1 saturated heterocycles. The minimum Gasteiger partial charge on any atom is -0.488 e. The van der Waals surface area contributed by atoms with Gasteiger partial charge in [0.25, 0.3) is 0 Å². The minimum absolute atomic E-state index is 0.245. The van der Waals surface area contributed by atoms with Gasteiger partial charge < -0.3 is 18.9 Å². The number of halogens is 3. The zero-order chi connectivity index (χ0) is 23.4. The molecule has 0 N–H and O–H groups in total. The molecule has 2 aliphatic rings. The molecule has 174 valence electrons. The molecule has 33 heavy (non-hydrogen) atoms. The summed E-state index contributed by atoms with van der Waals surface area (Å²) in [6.07, 6.45) is -3.99. The fourth-order valence-electron chi connectivity index (χ4n) is 3.61. The summed E-state index contributed by atoms with van der Waals surface area (Å²) in [7, 11) is 1.76. The molecule has 0 bridgehead atoms. The summed E-state index contributed by atoms with van der Waals surface area (Å²) in [6, 6.07) is 10.7. The van der Waals surface area contributed by atoms with Gasteiger partial charge in [0.2, 0.25) is 0 Å². The maximum atomic E-state index is 12.3. The SMILES string of the molecule is C1COCCO1.Cn1nc2c(c1-c1ccc(OC(F)(F)F)cc1)COc1cc(C=O)ccc1-2. The van der Waals surface area contributed by atoms with Crippen LogP contribution in [0.3, 0.4) is 0 Å². The smallest absolute Gasteiger partial charge is 0.488 e. The van der Waals surface area contributed by atoms with Crippen LogP contribution >= 0.6 is 0 Å². The first-order valence-electron chi connectivity index (χ1n) is 10.2. The highest BCUT2D eigenvalue weighted by Crippen LogP contribution is 2.41. The minimum atomic E-state index is -4.73. The summed E-state index contributed by atoms with van der Waals surface area (Å²) >= 11 is 0. The molecule has 0 radical (unpaired) electrons. The summed E-state index contributed by atoms with van der Waals surface area (Å²) in [5, 5.41) is 4.54. The molecule has 0 atom stereocenters. The number of carbonyl (C=O) groups is 1. The third-order valence-electron chi connectivity index (χ3n) is 5.02. The van der Waals surface area contributed by atoms with Gasteiger partial charge in [0, 0.05) is 29.3 Å². The average Bonchev–Trinajstić information content (AvgIpc) is 3.16. The lowest BCUT2D eigenvalue weighted by atomic mass is 9.98. The number of hydrogen-bond acceptors (Lipinski definition) is 6. The second kappa shape index (κ2) is 9.63. The van der Waals surface area contributed by atoms with Crippen molar-refractivity contribution in [1.82, 2.24) is 9.78 Å². The molecule has 0 saturated carbocycles. The van der Waals surface area contributed by atoms with Crippen LogP contribution in [0.1, 0.15) is 15.9 Å². The molecule has 1 fully saturated rings. The molecule has 0 unspecified atom stereocenters. The second-order valence-electron chi connectivity index (χ2n) is 7.26. The van der Waals surface area contributed by atoms with Crippen molar-refractivity contribution in [3.8, 4) is 34.0 Å². The van der Waals surface area contributed by atoms with Gasteiger partial charge in [-0.2, -0.15) is 5.10 Å². The zero-order valence-corrected chi connectivity index (χ0v) is 17.7. The number of aryl methyl sites for hydroxylation is 1. The van der Waals surface area contributed by atoms with Crippen molar-refractivity contribution in [1.29, 1.82) is 0 Å². The van der Waals surface area contributed by atoms with E-state index in [1.54, 1.807) is 42.1 Å². The van der Waals surface area contributed by atoms with Gasteiger partial charge in [-0.15, -0.1) is 13.2 Å². The van der Waals surface area contributed by atoms with Crippen LogP contribution in [0.2, 0.25) is 0 Å². The number of fused-ring (bicyclic) bond motifs is 3. The van der Waals surface area contributed by atoms with Crippen molar-refractivity contribution in [2.75, 3.05) is 26.4 Å². The zero-order valence-electron chi connectivity index (χ0n) is 17.7. The van der Waals surface area contributed by atoms with Crippen LogP contribution in [-0.2, 0) is 23.1 Å². The van der Waals surface area contributed by atoms with E-state index in [4.69, 9.17) is 14.2 Å². The van der Waals surface area contributed by atoms with Crippen molar-refractivity contribution < 1.29 is 36.9 Å². The molecule has 3 aromatic rings. The predicted octanol–water partition coefficient (Wildman–Crippen LogP) is 4.39. The van der Waals surface area contributed by atoms with Crippen LogP contribution in [-0.4, -0.2) is 48.9 Å². The molecule has 10 heteroatoms. The highest BCUT2D eigenvalue weighted by atomic mass is 19.4. The van der Waals surface area contributed by atoms with Crippen molar-refractivity contribution in [2.45, 2.75) is 13.0 Å². The van der Waals surface area contributed by atoms with E-state index in [0.29, 0.717) is 16.9 Å². The van der Waals surface area contributed by atoms with E-state index >= 15 is 0 Å². The number of aromatic nitrogens is 2. The molecular formula is C23H21F3N2O5. The number of benzene rings is 2. The Morgan fingerprint density at radius 2 is 1.70 bits per heavy atom. The van der Waals surface area contributed by atoms with Gasteiger partial charge in [-0.3, -0.25) is 9.48 Å². The van der Waals surface area contributed by atoms with Gasteiger partial charge in [-0.05, 0) is 36.4 Å². The van der Waals surface area contributed by atoms with Crippen LogP contribution in [0.5, 0.6) is 11.5 Å². The average molecular weight is 462 g/mol. The second-order valence-corrected chi connectivity index (χ2v) is 7.26. The van der Waals surface area contributed by atoms with Gasteiger partial charge in [0.15, 0.2) is 0 Å². The Balaban J connectivity index is 0.000000376. The Morgan fingerprint density at radius 3 is 2.27 bits per heavy atom. The normalized spacial score (nSPS) is 14.8. The molecule has 7 nitrogen and oxygen atoms in total. The third-order valence-corrected chi connectivity index (χ3v) is 5.02. The highest BCUT2D eigenvalue weighted by Gasteiger charge is 2.31. The van der Waals surface area contributed by atoms with Crippen LogP contribution in [0, 0.1) is 0 Å². The van der Waals surface area contributed by atoms with Gasteiger partial charge >= 0.3 is 6.36 Å². The Kier molecular flexibility index (Phi) is 6.66. The van der Waals surface area contributed by atoms with E-state index < -0.39 is 6.36 Å². The summed E-state index contributed by atoms with van der Waals surface area (Å²) in [6.45, 7) is 3.36. The maximum Gasteiger partial charge on any atom is 0.573 e. The molecule has 0 aliphatic carbocycles. The van der Waals surface area contributed by atoms with E-state index in [1.165, 1.54) is 12.1 Å². The monoisotopic (exact) mass is 462 g/mol. The first-order chi connectivity index (χ1) is 15.9. The lowest BCUT2D eigenvalue weighted by Crippen LogP contribution is -2.17. The first kappa shape index (κ1) is 22.8. The number of hydrogen-bond donors (Lipinski definition) is 0. The van der Waals surface area contributed by atoms with Gasteiger partial charge in [-0.1, -0.05) is 6.07 Å². The van der Waals surface area contributed by atoms with Gasteiger partial charge in [-0.25, -0.2) is 0 Å². The first-order valence-corrected chi connectivity index (χ1v) is 10.2. The quantitative estimate of drug-likeness (QED) is 0.538. The van der Waals surface area contributed by atoms with Crippen LogP contribution < -0.4 is 9.47 Å². The predicted molar refractivity (Wildman–Crippen MR) is 112 cm³/mol. The number of alkyl halides is 3. The molecule has 1 aromatic heterocycles. The Morgan fingerprint density at radius 1 is 1.03 bits per heavy atom. The molecule has 2 aliphatic heterocycles. The molecule has 3 heterocycles. The van der Waals surface area contributed by atoms with Crippen molar-refractivity contribution in [2.24, 2.45) is 7.05 Å². The van der Waals surface area contributed by atoms with Gasteiger partial charge in [0.05, 0.1) is 32.1 Å². The van der Waals surface area contributed by atoms with Crippen LogP contribution in [0.25, 0.3) is 22.5 Å². The lowest BCUT2D eigenvalue weighted by molar-refractivity contribution is -0.274. The summed E-state index contributed by atoms with van der Waals surface area (Å²) < 4.78 is 58.2. The van der Waals surface area contributed by atoms with Crippen LogP contribution in [0.15, 0.2) is 42.5 Å². The topological polar surface area (TPSA) is 71.8 Å². The number of aldehydes is 1. The molecule has 5 rings (SSSR count). The molecule has 2 aromatic carbocycles. The number of carbonyl (C=O) groups excluding carboxylic acids is 1. The fraction of sp³-hybridized carbons (Fsp3) is 0.304. The van der Waals surface area contributed by atoms with E-state index in [2.05, 4.69) is 9.84 Å². The maximum absolute atomic E-state index is 12.3. The standard InChI is InChI=1S/C19H13F3N2O3.C4H8O2/c1-24-18(12-3-5-13(6-4-12)27-19(20,21)22)15-10-26-16-8-11(9-25)2-7-14(16)17(15)23-24;1-2-6-4-3-5-1/h2-9H,10H2,1H3;1-4H2. The molecule has 0 amide bonds. The van der Waals surface area contributed by atoms with E-state index in [0.717, 1.165) is 55.2 Å². The molecular weight excluding hydrogens is 441 g/mol. The summed E-state index contributed by atoms with van der Waals surface area (Å²) in [4.78, 5) is 10.9. The van der Waals surface area contributed by atoms with Crippen LogP contribution in [0.4, 0.5) is 13.2 Å². The third kappa shape index (κ3) is 5.35. The van der Waals surface area contributed by atoms with E-state index in [9.17, 15) is 18.0 Å². The van der Waals surface area contributed by atoms with E-state index in [1.807, 2.05) is 0 Å². The lowest BCUT2D eigenvalue weighted by Gasteiger charge is -2.18. The van der Waals surface area contributed by atoms with Crippen molar-refractivity contribution in [3.63, 3.8) is 0 Å². The Hall–Kier alpha value is -3.37. The van der Waals surface area contributed by atoms with Crippen molar-refractivity contribution >= 4 is 6.29 Å². The number of rotatable bonds is 3. The summed E-state index contributed by atoms with van der Waals surface area (Å²) in [5.74, 6) is 0.288. The van der Waals surface area contributed by atoms with Gasteiger partial charge in [0.1, 0.15) is 30.1 Å². The Bertz CT molecular complexity index is 1110. The fourth-order valence-corrected chi connectivity index (χ4v) is 3.61. The number of ether oxygens (including phenoxy) is 4. The van der Waals surface area contributed by atoms with Crippen molar-refractivity contribution in [3.05, 3.63) is 53.6 Å². The largest absolute Gasteiger partial charge is 0.573 e. The molecule has 0 spiro atoms. The highest BCUT2D eigenvalue weighted by molar-refractivity contribution is 5.83. The Labute approximate surface area is 187 Å². The number of nitrogens with zero attached hydrogens (tertiary/aromatic N) is 2.